The third-order valence-electron chi connectivity index (χ3n) is 6.07. The van der Waals surface area contributed by atoms with Crippen molar-refractivity contribution in [2.45, 2.75) is 89.1 Å². The van der Waals surface area contributed by atoms with E-state index in [4.69, 9.17) is 5.11 Å². The molecule has 1 aliphatic rings. The fraction of sp³-hybridized carbons (Fsp3) is 0.583. The van der Waals surface area contributed by atoms with E-state index in [-0.39, 0.29) is 29.3 Å². The molecule has 2 N–H and O–H groups in total. The van der Waals surface area contributed by atoms with Crippen molar-refractivity contribution >= 4 is 15.8 Å². The van der Waals surface area contributed by atoms with Crippen molar-refractivity contribution in [3.05, 3.63) is 46.8 Å². The van der Waals surface area contributed by atoms with E-state index in [2.05, 4.69) is 58.0 Å². The van der Waals surface area contributed by atoms with Gasteiger partial charge < -0.3 is 5.11 Å². The predicted octanol–water partition coefficient (Wildman–Crippen LogP) is 3.96. The van der Waals surface area contributed by atoms with Gasteiger partial charge in [-0.25, -0.2) is 8.42 Å². The second kappa shape index (κ2) is 8.63. The molecule has 0 radical (unpaired) electrons. The number of fused-ring (bicyclic) bond motifs is 1. The standard InChI is InChI=1S/C24H35N3O4S/c1-23(2,3)16-10-17(24(4,5)6)12-18(11-16)32(30,31)15-25-20-8-7-9-21-19(20)13-26-27(21)14-22(28)29/h10-13,20,25H,7-9,14-15H2,1-6H3,(H,28,29)/t20-/m1/s1. The molecule has 7 nitrogen and oxygen atoms in total. The van der Waals surface area contributed by atoms with Gasteiger partial charge in [-0.15, -0.1) is 0 Å². The van der Waals surface area contributed by atoms with E-state index in [9.17, 15) is 13.2 Å². The summed E-state index contributed by atoms with van der Waals surface area (Å²) in [7, 11) is -3.57. The Labute approximate surface area is 191 Å². The summed E-state index contributed by atoms with van der Waals surface area (Å²) in [5.74, 6) is -1.12. The SMILES string of the molecule is CC(C)(C)c1cc(C(C)(C)C)cc(S(=O)(=O)CN[C@@H]2CCCc3c2cnn3CC(=O)O)c1. The Hall–Kier alpha value is -2.19. The molecule has 1 heterocycles. The quantitative estimate of drug-likeness (QED) is 0.675. The van der Waals surface area contributed by atoms with E-state index < -0.39 is 15.8 Å². The van der Waals surface area contributed by atoms with Gasteiger partial charge in [0.1, 0.15) is 12.4 Å². The van der Waals surface area contributed by atoms with Crippen molar-refractivity contribution in [2.24, 2.45) is 0 Å². The molecule has 32 heavy (non-hydrogen) atoms. The van der Waals surface area contributed by atoms with Gasteiger partial charge in [-0.2, -0.15) is 5.10 Å². The highest BCUT2D eigenvalue weighted by Gasteiger charge is 2.28. The Morgan fingerprint density at radius 2 is 1.72 bits per heavy atom. The highest BCUT2D eigenvalue weighted by atomic mass is 32.2. The fourth-order valence-electron chi connectivity index (χ4n) is 4.03. The molecule has 0 saturated heterocycles. The topological polar surface area (TPSA) is 101 Å². The van der Waals surface area contributed by atoms with E-state index in [0.29, 0.717) is 4.90 Å². The number of carbonyl (C=O) groups is 1. The molecule has 0 saturated carbocycles. The van der Waals surface area contributed by atoms with Crippen LogP contribution in [0.25, 0.3) is 0 Å². The number of hydrogen-bond acceptors (Lipinski definition) is 5. The molecule has 0 unspecified atom stereocenters. The first-order valence-electron chi connectivity index (χ1n) is 11.1. The van der Waals surface area contributed by atoms with Gasteiger partial charge in [0.25, 0.3) is 0 Å². The minimum absolute atomic E-state index is 0.163. The third-order valence-corrected chi connectivity index (χ3v) is 7.57. The number of carboxylic acids is 1. The molecular formula is C24H35N3O4S. The van der Waals surface area contributed by atoms with Crippen LogP contribution in [0.4, 0.5) is 0 Å². The lowest BCUT2D eigenvalue weighted by Crippen LogP contribution is -2.31. The second-order valence-corrected chi connectivity index (χ2v) is 12.7. The summed E-state index contributed by atoms with van der Waals surface area (Å²) >= 11 is 0. The average molecular weight is 462 g/mol. The number of rotatable bonds is 6. The number of nitrogens with zero attached hydrogens (tertiary/aromatic N) is 2. The number of aromatic nitrogens is 2. The molecule has 0 fully saturated rings. The summed E-state index contributed by atoms with van der Waals surface area (Å²) in [5.41, 5.74) is 3.42. The van der Waals surface area contributed by atoms with Crippen molar-refractivity contribution in [3.8, 4) is 0 Å². The molecule has 3 rings (SSSR count). The van der Waals surface area contributed by atoms with Crippen LogP contribution in [0.1, 0.15) is 82.8 Å². The highest BCUT2D eigenvalue weighted by molar-refractivity contribution is 7.91. The van der Waals surface area contributed by atoms with Crippen LogP contribution >= 0.6 is 0 Å². The molecular weight excluding hydrogens is 426 g/mol. The molecule has 0 bridgehead atoms. The molecule has 1 aromatic carbocycles. The predicted molar refractivity (Wildman–Crippen MR) is 125 cm³/mol. The van der Waals surface area contributed by atoms with Crippen LogP contribution in [0.15, 0.2) is 29.3 Å². The lowest BCUT2D eigenvalue weighted by atomic mass is 9.81. The minimum atomic E-state index is -3.57. The Morgan fingerprint density at radius 3 is 2.25 bits per heavy atom. The average Bonchev–Trinajstić information content (AvgIpc) is 3.07. The first-order valence-corrected chi connectivity index (χ1v) is 12.7. The molecule has 1 aromatic heterocycles. The molecule has 1 atom stereocenters. The van der Waals surface area contributed by atoms with Crippen molar-refractivity contribution in [2.75, 3.05) is 5.88 Å². The molecule has 0 aliphatic heterocycles. The number of carboxylic acid groups (broad SMARTS) is 1. The van der Waals surface area contributed by atoms with Crippen LogP contribution < -0.4 is 5.32 Å². The number of sulfone groups is 1. The van der Waals surface area contributed by atoms with Gasteiger partial charge in [0.05, 0.1) is 11.1 Å². The van der Waals surface area contributed by atoms with E-state index >= 15 is 0 Å². The smallest absolute Gasteiger partial charge is 0.325 e. The zero-order valence-electron chi connectivity index (χ0n) is 19.9. The van der Waals surface area contributed by atoms with Crippen molar-refractivity contribution < 1.29 is 18.3 Å². The van der Waals surface area contributed by atoms with Gasteiger partial charge in [-0.05, 0) is 53.4 Å². The maximum absolute atomic E-state index is 13.3. The van der Waals surface area contributed by atoms with Gasteiger partial charge in [-0.3, -0.25) is 14.8 Å². The third kappa shape index (κ3) is 5.41. The maximum atomic E-state index is 13.3. The monoisotopic (exact) mass is 461 g/mol. The van der Waals surface area contributed by atoms with Gasteiger partial charge in [0.2, 0.25) is 0 Å². The molecule has 2 aromatic rings. The Morgan fingerprint density at radius 1 is 1.12 bits per heavy atom. The fourth-order valence-corrected chi connectivity index (χ4v) is 5.23. The Balaban J connectivity index is 1.87. The largest absolute Gasteiger partial charge is 0.480 e. The molecule has 176 valence electrons. The Bertz CT molecular complexity index is 1070. The van der Waals surface area contributed by atoms with Crippen LogP contribution in [0.3, 0.4) is 0 Å². The summed E-state index contributed by atoms with van der Waals surface area (Å²) in [4.78, 5) is 11.4. The van der Waals surface area contributed by atoms with E-state index in [1.165, 1.54) is 4.68 Å². The van der Waals surface area contributed by atoms with Crippen molar-refractivity contribution in [1.82, 2.24) is 15.1 Å². The molecule has 0 spiro atoms. The van der Waals surface area contributed by atoms with Gasteiger partial charge >= 0.3 is 5.97 Å². The highest BCUT2D eigenvalue weighted by Crippen LogP contribution is 2.33. The first-order chi connectivity index (χ1) is 14.7. The zero-order valence-corrected chi connectivity index (χ0v) is 20.7. The summed E-state index contributed by atoms with van der Waals surface area (Å²) in [5, 5.41) is 16.5. The summed E-state index contributed by atoms with van der Waals surface area (Å²) in [6, 6.07) is 5.53. The number of hydrogen-bond donors (Lipinski definition) is 2. The van der Waals surface area contributed by atoms with E-state index in [0.717, 1.165) is 41.6 Å². The summed E-state index contributed by atoms with van der Waals surface area (Å²) in [6.45, 7) is 12.3. The van der Waals surface area contributed by atoms with Crippen molar-refractivity contribution in [1.29, 1.82) is 0 Å². The maximum Gasteiger partial charge on any atom is 0.325 e. The zero-order chi connectivity index (χ0) is 23.9. The Kier molecular flexibility index (Phi) is 6.60. The van der Waals surface area contributed by atoms with Crippen LogP contribution in [0.5, 0.6) is 0 Å². The van der Waals surface area contributed by atoms with Crippen LogP contribution in [0, 0.1) is 0 Å². The number of aliphatic carboxylic acids is 1. The van der Waals surface area contributed by atoms with Crippen LogP contribution in [0.2, 0.25) is 0 Å². The number of nitrogens with one attached hydrogen (secondary N) is 1. The normalized spacial score (nSPS) is 17.2. The van der Waals surface area contributed by atoms with Gasteiger partial charge in [0.15, 0.2) is 9.84 Å². The molecule has 0 amide bonds. The first kappa shape index (κ1) is 24.5. The van der Waals surface area contributed by atoms with E-state index in [1.807, 2.05) is 0 Å². The minimum Gasteiger partial charge on any atom is -0.480 e. The van der Waals surface area contributed by atoms with Crippen molar-refractivity contribution in [3.63, 3.8) is 0 Å². The van der Waals surface area contributed by atoms with Gasteiger partial charge in [0, 0.05) is 17.3 Å². The van der Waals surface area contributed by atoms with Gasteiger partial charge in [-0.1, -0.05) is 47.6 Å². The van der Waals surface area contributed by atoms with E-state index in [1.54, 1.807) is 18.3 Å². The lowest BCUT2D eigenvalue weighted by Gasteiger charge is -2.27. The lowest BCUT2D eigenvalue weighted by molar-refractivity contribution is -0.137. The second-order valence-electron chi connectivity index (χ2n) is 10.8. The summed E-state index contributed by atoms with van der Waals surface area (Å²) in [6.07, 6.45) is 4.05. The van der Waals surface area contributed by atoms with Crippen LogP contribution in [-0.4, -0.2) is 35.2 Å². The molecule has 1 aliphatic carbocycles. The summed E-state index contributed by atoms with van der Waals surface area (Å²) < 4.78 is 28.2. The molecule has 8 heteroatoms. The van der Waals surface area contributed by atoms with Crippen LogP contribution in [-0.2, 0) is 38.4 Å². The number of benzene rings is 1.